The molecule has 1 aromatic heterocycles. The summed E-state index contributed by atoms with van der Waals surface area (Å²) in [7, 11) is -4.25. The van der Waals surface area contributed by atoms with E-state index in [4.69, 9.17) is 5.73 Å². The highest BCUT2D eigenvalue weighted by Gasteiger charge is 2.23. The molecule has 2 aromatic rings. The van der Waals surface area contributed by atoms with Gasteiger partial charge in [0, 0.05) is 12.7 Å². The first-order chi connectivity index (χ1) is 8.94. The molecule has 0 spiro atoms. The van der Waals surface area contributed by atoms with Gasteiger partial charge in [-0.3, -0.25) is 9.82 Å². The molecular weight excluding hydrogens is 278 g/mol. The van der Waals surface area contributed by atoms with E-state index < -0.39 is 26.6 Å². The molecule has 2 rings (SSSR count). The topological polar surface area (TPSA) is 101 Å². The van der Waals surface area contributed by atoms with Crippen molar-refractivity contribution in [2.45, 2.75) is 11.4 Å². The van der Waals surface area contributed by atoms with Gasteiger partial charge in [0.1, 0.15) is 4.90 Å². The fraction of sp³-hybridized carbons (Fsp3) is 0.100. The molecular formula is C10H10F2N4O2S. The van der Waals surface area contributed by atoms with Gasteiger partial charge in [-0.25, -0.2) is 17.2 Å². The molecule has 6 nitrogen and oxygen atoms in total. The largest absolute Gasteiger partial charge is 0.326 e. The Kier molecular flexibility index (Phi) is 3.49. The van der Waals surface area contributed by atoms with Gasteiger partial charge in [-0.15, -0.1) is 0 Å². The van der Waals surface area contributed by atoms with Gasteiger partial charge >= 0.3 is 0 Å². The maximum atomic E-state index is 13.6. The second-order valence-corrected chi connectivity index (χ2v) is 5.34. The third-order valence-corrected chi connectivity index (χ3v) is 3.71. The number of hydrogen-bond donors (Lipinski definition) is 3. The Hall–Kier alpha value is -2.00. The second kappa shape index (κ2) is 4.94. The third kappa shape index (κ3) is 2.71. The maximum absolute atomic E-state index is 13.6. The Balaban J connectivity index is 2.48. The van der Waals surface area contributed by atoms with E-state index in [0.29, 0.717) is 0 Å². The van der Waals surface area contributed by atoms with Crippen molar-refractivity contribution in [1.29, 1.82) is 0 Å². The molecule has 0 fully saturated rings. The van der Waals surface area contributed by atoms with Crippen LogP contribution >= 0.6 is 0 Å². The fourth-order valence-corrected chi connectivity index (χ4v) is 2.62. The summed E-state index contributed by atoms with van der Waals surface area (Å²) in [4.78, 5) is -0.797. The fourth-order valence-electron chi connectivity index (χ4n) is 1.45. The molecule has 0 amide bonds. The SMILES string of the molecule is NCc1cc(F)c(F)c(S(=O)(=O)Nc2cn[nH]c2)c1. The highest BCUT2D eigenvalue weighted by Crippen LogP contribution is 2.22. The van der Waals surface area contributed by atoms with Gasteiger partial charge in [-0.1, -0.05) is 0 Å². The van der Waals surface area contributed by atoms with E-state index in [1.165, 1.54) is 12.4 Å². The van der Waals surface area contributed by atoms with Crippen molar-refractivity contribution < 1.29 is 17.2 Å². The minimum absolute atomic E-state index is 0.106. The van der Waals surface area contributed by atoms with E-state index in [-0.39, 0.29) is 17.8 Å². The zero-order chi connectivity index (χ0) is 14.0. The first-order valence-electron chi connectivity index (χ1n) is 5.13. The number of benzene rings is 1. The lowest BCUT2D eigenvalue weighted by Crippen LogP contribution is -2.16. The molecule has 102 valence electrons. The van der Waals surface area contributed by atoms with Crippen molar-refractivity contribution in [2.24, 2.45) is 5.73 Å². The van der Waals surface area contributed by atoms with Gasteiger partial charge < -0.3 is 5.73 Å². The first kappa shape index (κ1) is 13.4. The van der Waals surface area contributed by atoms with Crippen molar-refractivity contribution in [3.05, 3.63) is 41.7 Å². The van der Waals surface area contributed by atoms with Crippen LogP contribution in [0.3, 0.4) is 0 Å². The van der Waals surface area contributed by atoms with E-state index in [1.54, 1.807) is 0 Å². The summed E-state index contributed by atoms with van der Waals surface area (Å²) >= 11 is 0. The Morgan fingerprint density at radius 1 is 1.37 bits per heavy atom. The van der Waals surface area contributed by atoms with Crippen molar-refractivity contribution in [3.8, 4) is 0 Å². The summed E-state index contributed by atoms with van der Waals surface area (Å²) in [5.74, 6) is -2.72. The molecule has 0 aliphatic rings. The zero-order valence-electron chi connectivity index (χ0n) is 9.52. The standard InChI is InChI=1S/C10H10F2N4O2S/c11-8-1-6(3-13)2-9(10(8)12)19(17,18)16-7-4-14-15-5-7/h1-2,4-5,16H,3,13H2,(H,14,15). The van der Waals surface area contributed by atoms with Gasteiger partial charge in [-0.05, 0) is 17.7 Å². The number of anilines is 1. The lowest BCUT2D eigenvalue weighted by atomic mass is 10.2. The number of aromatic nitrogens is 2. The average molecular weight is 288 g/mol. The monoisotopic (exact) mass is 288 g/mol. The summed E-state index contributed by atoms with van der Waals surface area (Å²) < 4.78 is 52.8. The number of sulfonamides is 1. The molecule has 19 heavy (non-hydrogen) atoms. The minimum atomic E-state index is -4.25. The molecule has 0 unspecified atom stereocenters. The van der Waals surface area contributed by atoms with E-state index in [1.807, 2.05) is 0 Å². The second-order valence-electron chi connectivity index (χ2n) is 3.69. The van der Waals surface area contributed by atoms with Crippen LogP contribution in [0.5, 0.6) is 0 Å². The van der Waals surface area contributed by atoms with E-state index in [2.05, 4.69) is 14.9 Å². The number of halogens is 2. The molecule has 0 radical (unpaired) electrons. The zero-order valence-corrected chi connectivity index (χ0v) is 10.3. The Labute approximate surface area is 107 Å². The summed E-state index contributed by atoms with van der Waals surface area (Å²) in [6, 6.07) is 1.84. The number of H-pyrrole nitrogens is 1. The predicted octanol–water partition coefficient (Wildman–Crippen LogP) is 0.947. The lowest BCUT2D eigenvalue weighted by molar-refractivity contribution is 0.483. The van der Waals surface area contributed by atoms with Crippen molar-refractivity contribution in [3.63, 3.8) is 0 Å². The van der Waals surface area contributed by atoms with Crippen molar-refractivity contribution in [2.75, 3.05) is 4.72 Å². The molecule has 0 saturated heterocycles. The molecule has 0 aliphatic carbocycles. The van der Waals surface area contributed by atoms with Gasteiger partial charge in [0.15, 0.2) is 11.6 Å². The normalized spacial score (nSPS) is 11.5. The Morgan fingerprint density at radius 3 is 2.68 bits per heavy atom. The van der Waals surface area contributed by atoms with Crippen LogP contribution in [0.1, 0.15) is 5.56 Å². The van der Waals surface area contributed by atoms with Crippen molar-refractivity contribution in [1.82, 2.24) is 10.2 Å². The van der Waals surface area contributed by atoms with Gasteiger partial charge in [0.25, 0.3) is 10.0 Å². The first-order valence-corrected chi connectivity index (χ1v) is 6.62. The van der Waals surface area contributed by atoms with Gasteiger partial charge in [-0.2, -0.15) is 5.10 Å². The quantitative estimate of drug-likeness (QED) is 0.779. The molecule has 1 aromatic carbocycles. The van der Waals surface area contributed by atoms with E-state index in [9.17, 15) is 17.2 Å². The van der Waals surface area contributed by atoms with Crippen LogP contribution in [0.15, 0.2) is 29.4 Å². The summed E-state index contributed by atoms with van der Waals surface area (Å²) in [5.41, 5.74) is 5.58. The molecule has 0 bridgehead atoms. The average Bonchev–Trinajstić information content (AvgIpc) is 2.84. The summed E-state index contributed by atoms with van der Waals surface area (Å²) in [5, 5.41) is 5.92. The summed E-state index contributed by atoms with van der Waals surface area (Å²) in [6.07, 6.45) is 2.46. The van der Waals surface area contributed by atoms with Crippen LogP contribution in [0.4, 0.5) is 14.5 Å². The molecule has 9 heteroatoms. The lowest BCUT2D eigenvalue weighted by Gasteiger charge is -2.09. The number of nitrogens with two attached hydrogens (primary N) is 1. The molecule has 4 N–H and O–H groups in total. The minimum Gasteiger partial charge on any atom is -0.326 e. The maximum Gasteiger partial charge on any atom is 0.265 e. The highest BCUT2D eigenvalue weighted by molar-refractivity contribution is 7.92. The van der Waals surface area contributed by atoms with Crippen LogP contribution in [0.2, 0.25) is 0 Å². The number of nitrogens with zero attached hydrogens (tertiary/aromatic N) is 1. The summed E-state index contributed by atoms with van der Waals surface area (Å²) in [6.45, 7) is -0.106. The van der Waals surface area contributed by atoms with Crippen LogP contribution in [-0.2, 0) is 16.6 Å². The third-order valence-electron chi connectivity index (χ3n) is 2.33. The number of hydrogen-bond acceptors (Lipinski definition) is 4. The Morgan fingerprint density at radius 2 is 2.11 bits per heavy atom. The highest BCUT2D eigenvalue weighted by atomic mass is 32.2. The molecule has 1 heterocycles. The van der Waals surface area contributed by atoms with Crippen molar-refractivity contribution >= 4 is 15.7 Å². The molecule has 0 atom stereocenters. The van der Waals surface area contributed by atoms with Gasteiger partial charge in [0.05, 0.1) is 11.9 Å². The smallest absolute Gasteiger partial charge is 0.265 e. The number of nitrogens with one attached hydrogen (secondary N) is 2. The molecule has 0 saturated carbocycles. The van der Waals surface area contributed by atoms with Crippen LogP contribution in [-0.4, -0.2) is 18.6 Å². The van der Waals surface area contributed by atoms with Crippen LogP contribution < -0.4 is 10.5 Å². The molecule has 0 aliphatic heterocycles. The Bertz CT molecular complexity index is 686. The van der Waals surface area contributed by atoms with E-state index in [0.717, 1.165) is 12.1 Å². The van der Waals surface area contributed by atoms with Gasteiger partial charge in [0.2, 0.25) is 0 Å². The predicted molar refractivity (Wildman–Crippen MR) is 63.6 cm³/mol. The number of rotatable bonds is 4. The number of aromatic amines is 1. The van der Waals surface area contributed by atoms with Crippen LogP contribution in [0, 0.1) is 11.6 Å². The van der Waals surface area contributed by atoms with E-state index >= 15 is 0 Å². The van der Waals surface area contributed by atoms with Crippen LogP contribution in [0.25, 0.3) is 0 Å².